The summed E-state index contributed by atoms with van der Waals surface area (Å²) < 4.78 is 0. The molecule has 0 amide bonds. The maximum absolute atomic E-state index is 3.57. The minimum absolute atomic E-state index is 1.05. The Morgan fingerprint density at radius 1 is 0.789 bits per heavy atom. The second-order valence-electron chi connectivity index (χ2n) is 5.14. The van der Waals surface area contributed by atoms with Crippen LogP contribution in [-0.4, -0.2) is 6.54 Å². The lowest BCUT2D eigenvalue weighted by Gasteiger charge is -2.12. The standard InChI is InChI=1S/C18H23N/c1-15-9-8-10-16(2)18(15)19-14-7-6-13-17-11-4-3-5-12-17/h3-5,8-12,19H,6-7,13-14H2,1-2H3. The number of aryl methyl sites for hydroxylation is 3. The highest BCUT2D eigenvalue weighted by molar-refractivity contribution is 5.56. The Hall–Kier alpha value is -1.76. The van der Waals surface area contributed by atoms with Gasteiger partial charge in [0.05, 0.1) is 0 Å². The predicted molar refractivity (Wildman–Crippen MR) is 83.8 cm³/mol. The van der Waals surface area contributed by atoms with E-state index in [1.165, 1.54) is 41.6 Å². The molecule has 0 fully saturated rings. The van der Waals surface area contributed by atoms with Gasteiger partial charge in [0.15, 0.2) is 0 Å². The summed E-state index contributed by atoms with van der Waals surface area (Å²) in [4.78, 5) is 0. The molecule has 1 heteroatoms. The molecule has 0 unspecified atom stereocenters. The van der Waals surface area contributed by atoms with Crippen LogP contribution in [0.3, 0.4) is 0 Å². The molecule has 2 aromatic carbocycles. The highest BCUT2D eigenvalue weighted by Gasteiger charge is 2.00. The Kier molecular flexibility index (Phi) is 5.02. The molecule has 100 valence electrons. The molecule has 0 aliphatic rings. The summed E-state index contributed by atoms with van der Waals surface area (Å²) in [5.74, 6) is 0. The number of hydrogen-bond donors (Lipinski definition) is 1. The lowest BCUT2D eigenvalue weighted by atomic mass is 10.1. The third kappa shape index (κ3) is 4.13. The van der Waals surface area contributed by atoms with Crippen LogP contribution in [-0.2, 0) is 6.42 Å². The Labute approximate surface area is 116 Å². The quantitative estimate of drug-likeness (QED) is 0.733. The van der Waals surface area contributed by atoms with Gasteiger partial charge in [0.2, 0.25) is 0 Å². The molecule has 0 aromatic heterocycles. The molecular formula is C18H23N. The minimum atomic E-state index is 1.05. The molecule has 0 heterocycles. The van der Waals surface area contributed by atoms with E-state index in [9.17, 15) is 0 Å². The molecule has 1 N–H and O–H groups in total. The number of anilines is 1. The van der Waals surface area contributed by atoms with Gasteiger partial charge in [-0.25, -0.2) is 0 Å². The Morgan fingerprint density at radius 3 is 2.16 bits per heavy atom. The van der Waals surface area contributed by atoms with E-state index >= 15 is 0 Å². The summed E-state index contributed by atoms with van der Waals surface area (Å²) in [7, 11) is 0. The molecule has 0 saturated carbocycles. The van der Waals surface area contributed by atoms with Crippen LogP contribution in [0, 0.1) is 13.8 Å². The van der Waals surface area contributed by atoms with Crippen molar-refractivity contribution < 1.29 is 0 Å². The Bertz CT molecular complexity index is 482. The molecule has 0 spiro atoms. The smallest absolute Gasteiger partial charge is 0.0399 e. The summed E-state index contributed by atoms with van der Waals surface area (Å²) in [6, 6.07) is 17.2. The van der Waals surface area contributed by atoms with Crippen LogP contribution in [0.5, 0.6) is 0 Å². The number of benzene rings is 2. The number of unbranched alkanes of at least 4 members (excludes halogenated alkanes) is 1. The zero-order valence-corrected chi connectivity index (χ0v) is 11.9. The summed E-state index contributed by atoms with van der Waals surface area (Å²) in [6.45, 7) is 5.39. The van der Waals surface area contributed by atoms with E-state index in [-0.39, 0.29) is 0 Å². The van der Waals surface area contributed by atoms with Crippen LogP contribution in [0.15, 0.2) is 48.5 Å². The number of nitrogens with one attached hydrogen (secondary N) is 1. The molecule has 0 saturated heterocycles. The fraction of sp³-hybridized carbons (Fsp3) is 0.333. The van der Waals surface area contributed by atoms with Crippen LogP contribution < -0.4 is 5.32 Å². The third-order valence-corrected chi connectivity index (χ3v) is 3.52. The highest BCUT2D eigenvalue weighted by atomic mass is 14.9. The second-order valence-corrected chi connectivity index (χ2v) is 5.14. The van der Waals surface area contributed by atoms with E-state index in [0.717, 1.165) is 6.54 Å². The SMILES string of the molecule is Cc1cccc(C)c1NCCCCc1ccccc1. The van der Waals surface area contributed by atoms with Gasteiger partial charge in [0.25, 0.3) is 0 Å². The zero-order valence-electron chi connectivity index (χ0n) is 11.9. The van der Waals surface area contributed by atoms with Gasteiger partial charge in [-0.15, -0.1) is 0 Å². The average molecular weight is 253 g/mol. The van der Waals surface area contributed by atoms with Gasteiger partial charge in [0, 0.05) is 12.2 Å². The molecule has 2 rings (SSSR count). The molecule has 0 radical (unpaired) electrons. The first kappa shape index (κ1) is 13.7. The lowest BCUT2D eigenvalue weighted by molar-refractivity contribution is 0.762. The van der Waals surface area contributed by atoms with Crippen LogP contribution >= 0.6 is 0 Å². The van der Waals surface area contributed by atoms with Gasteiger partial charge in [-0.3, -0.25) is 0 Å². The fourth-order valence-corrected chi connectivity index (χ4v) is 2.41. The fourth-order valence-electron chi connectivity index (χ4n) is 2.41. The number of hydrogen-bond acceptors (Lipinski definition) is 1. The van der Waals surface area contributed by atoms with Crippen molar-refractivity contribution in [2.75, 3.05) is 11.9 Å². The average Bonchev–Trinajstić information content (AvgIpc) is 2.42. The monoisotopic (exact) mass is 253 g/mol. The van der Waals surface area contributed by atoms with Crippen molar-refractivity contribution in [2.45, 2.75) is 33.1 Å². The van der Waals surface area contributed by atoms with Crippen molar-refractivity contribution in [1.29, 1.82) is 0 Å². The third-order valence-electron chi connectivity index (χ3n) is 3.52. The number of rotatable bonds is 6. The molecule has 2 aromatic rings. The van der Waals surface area contributed by atoms with Crippen LogP contribution in [0.2, 0.25) is 0 Å². The van der Waals surface area contributed by atoms with Gasteiger partial charge in [-0.2, -0.15) is 0 Å². The maximum atomic E-state index is 3.57. The van der Waals surface area contributed by atoms with Crippen LogP contribution in [0.25, 0.3) is 0 Å². The summed E-state index contributed by atoms with van der Waals surface area (Å²) >= 11 is 0. The first-order valence-corrected chi connectivity index (χ1v) is 7.11. The van der Waals surface area contributed by atoms with E-state index < -0.39 is 0 Å². The van der Waals surface area contributed by atoms with Gasteiger partial charge in [0.1, 0.15) is 0 Å². The molecule has 0 aliphatic carbocycles. The molecule has 0 bridgehead atoms. The summed E-state index contributed by atoms with van der Waals surface area (Å²) in [6.07, 6.45) is 3.62. The van der Waals surface area contributed by atoms with Crippen molar-refractivity contribution in [3.8, 4) is 0 Å². The van der Waals surface area contributed by atoms with Gasteiger partial charge < -0.3 is 5.32 Å². The van der Waals surface area contributed by atoms with Crippen molar-refractivity contribution in [2.24, 2.45) is 0 Å². The normalized spacial score (nSPS) is 10.4. The van der Waals surface area contributed by atoms with Gasteiger partial charge in [-0.1, -0.05) is 48.5 Å². The van der Waals surface area contributed by atoms with E-state index in [4.69, 9.17) is 0 Å². The molecular weight excluding hydrogens is 230 g/mol. The maximum Gasteiger partial charge on any atom is 0.0399 e. The van der Waals surface area contributed by atoms with Crippen molar-refractivity contribution in [1.82, 2.24) is 0 Å². The molecule has 0 aliphatic heterocycles. The molecule has 19 heavy (non-hydrogen) atoms. The zero-order chi connectivity index (χ0) is 13.5. The minimum Gasteiger partial charge on any atom is -0.385 e. The first-order valence-electron chi connectivity index (χ1n) is 7.11. The van der Waals surface area contributed by atoms with Crippen molar-refractivity contribution in [3.05, 3.63) is 65.2 Å². The van der Waals surface area contributed by atoms with Crippen molar-refractivity contribution in [3.63, 3.8) is 0 Å². The molecule has 1 nitrogen and oxygen atoms in total. The number of para-hydroxylation sites is 1. The molecule has 0 atom stereocenters. The first-order chi connectivity index (χ1) is 9.27. The largest absolute Gasteiger partial charge is 0.385 e. The van der Waals surface area contributed by atoms with E-state index in [1.54, 1.807) is 0 Å². The van der Waals surface area contributed by atoms with E-state index in [0.29, 0.717) is 0 Å². The summed E-state index contributed by atoms with van der Waals surface area (Å²) in [5, 5.41) is 3.57. The Morgan fingerprint density at radius 2 is 1.47 bits per heavy atom. The summed E-state index contributed by atoms with van der Waals surface area (Å²) in [5.41, 5.74) is 5.42. The van der Waals surface area contributed by atoms with Crippen molar-refractivity contribution >= 4 is 5.69 Å². The lowest BCUT2D eigenvalue weighted by Crippen LogP contribution is -2.05. The topological polar surface area (TPSA) is 12.0 Å². The van der Waals surface area contributed by atoms with E-state index in [1.807, 2.05) is 0 Å². The van der Waals surface area contributed by atoms with Gasteiger partial charge >= 0.3 is 0 Å². The van der Waals surface area contributed by atoms with Crippen LogP contribution in [0.4, 0.5) is 5.69 Å². The van der Waals surface area contributed by atoms with Crippen LogP contribution in [0.1, 0.15) is 29.5 Å². The van der Waals surface area contributed by atoms with E-state index in [2.05, 4.69) is 67.7 Å². The highest BCUT2D eigenvalue weighted by Crippen LogP contribution is 2.19. The predicted octanol–water partition coefficient (Wildman–Crippen LogP) is 4.74. The Balaban J connectivity index is 1.73. The van der Waals surface area contributed by atoms with Gasteiger partial charge in [-0.05, 0) is 49.8 Å². The second kappa shape index (κ2) is 6.98.